The van der Waals surface area contributed by atoms with Gasteiger partial charge < -0.3 is 9.47 Å². The molecule has 1 aromatic rings. The molecular weight excluding hydrogens is 338 g/mol. The van der Waals surface area contributed by atoms with Crippen molar-refractivity contribution in [3.63, 3.8) is 0 Å². The molecule has 0 atom stereocenters. The van der Waals surface area contributed by atoms with Crippen molar-refractivity contribution >= 4 is 5.97 Å². The lowest BCUT2D eigenvalue weighted by molar-refractivity contribution is -0.173. The Hall–Kier alpha value is -1.49. The predicted molar refractivity (Wildman–Crippen MR) is 94.8 cm³/mol. The number of rotatable bonds is 5. The maximum atomic E-state index is 13.8. The average molecular weight is 366 g/mol. The first kappa shape index (κ1) is 19.3. The summed E-state index contributed by atoms with van der Waals surface area (Å²) in [7, 11) is 1.70. The molecule has 0 amide bonds. The Bertz CT molecular complexity index is 585. The second kappa shape index (κ2) is 8.03. The molecule has 0 unspecified atom stereocenters. The lowest BCUT2D eigenvalue weighted by Crippen LogP contribution is -2.47. The molecule has 0 aromatic heterocycles. The zero-order chi connectivity index (χ0) is 18.6. The number of carbonyl (C=O) groups excluding carboxylic acids is 1. The smallest absolute Gasteiger partial charge is 0.312 e. The number of halogens is 2. The van der Waals surface area contributed by atoms with Crippen molar-refractivity contribution in [1.29, 1.82) is 0 Å². The Balaban J connectivity index is 1.71. The minimum Gasteiger partial charge on any atom is -0.460 e. The first-order chi connectivity index (χ1) is 12.5. The van der Waals surface area contributed by atoms with Gasteiger partial charge in [-0.2, -0.15) is 0 Å². The molecule has 2 saturated carbocycles. The molecule has 2 fully saturated rings. The quantitative estimate of drug-likeness (QED) is 0.678. The standard InChI is InChI=1S/C21H28F2O3/c1-25-18-9-7-17(8-10-18)20(11-13-21(22,23)14-12-20)19(24)26-15-16-5-3-2-4-6-16/h2-6,17-18H,7-15H2,1H3. The highest BCUT2D eigenvalue weighted by Crippen LogP contribution is 2.52. The number of ether oxygens (including phenoxy) is 2. The van der Waals surface area contributed by atoms with Crippen LogP contribution in [0.1, 0.15) is 56.9 Å². The molecule has 5 heteroatoms. The molecule has 2 aliphatic rings. The van der Waals surface area contributed by atoms with E-state index in [0.717, 1.165) is 31.2 Å². The Kier molecular flexibility index (Phi) is 5.96. The second-order valence-electron chi connectivity index (χ2n) is 7.78. The Morgan fingerprint density at radius 1 is 1.04 bits per heavy atom. The molecular formula is C21H28F2O3. The van der Waals surface area contributed by atoms with Gasteiger partial charge in [-0.15, -0.1) is 0 Å². The van der Waals surface area contributed by atoms with Crippen molar-refractivity contribution in [3.8, 4) is 0 Å². The van der Waals surface area contributed by atoms with E-state index in [-0.39, 0.29) is 50.3 Å². The van der Waals surface area contributed by atoms with Crippen molar-refractivity contribution in [2.75, 3.05) is 7.11 Å². The fraction of sp³-hybridized carbons (Fsp3) is 0.667. The van der Waals surface area contributed by atoms with E-state index in [2.05, 4.69) is 0 Å². The number of hydrogen-bond donors (Lipinski definition) is 0. The van der Waals surface area contributed by atoms with Gasteiger partial charge in [-0.25, -0.2) is 8.78 Å². The number of esters is 1. The largest absolute Gasteiger partial charge is 0.460 e. The molecule has 3 nitrogen and oxygen atoms in total. The molecule has 144 valence electrons. The van der Waals surface area contributed by atoms with Crippen molar-refractivity contribution in [2.24, 2.45) is 11.3 Å². The van der Waals surface area contributed by atoms with Gasteiger partial charge >= 0.3 is 5.97 Å². The Morgan fingerprint density at radius 3 is 2.23 bits per heavy atom. The van der Waals surface area contributed by atoms with Gasteiger partial charge in [-0.3, -0.25) is 4.79 Å². The molecule has 26 heavy (non-hydrogen) atoms. The van der Waals surface area contributed by atoms with E-state index in [1.54, 1.807) is 7.11 Å². The van der Waals surface area contributed by atoms with Gasteiger partial charge in [-0.1, -0.05) is 30.3 Å². The normalized spacial score (nSPS) is 27.7. The zero-order valence-electron chi connectivity index (χ0n) is 15.4. The van der Waals surface area contributed by atoms with E-state index in [1.165, 1.54) is 0 Å². The van der Waals surface area contributed by atoms with Crippen LogP contribution in [0.3, 0.4) is 0 Å². The summed E-state index contributed by atoms with van der Waals surface area (Å²) in [5.41, 5.74) is 0.148. The third-order valence-electron chi connectivity index (χ3n) is 6.28. The van der Waals surface area contributed by atoms with Crippen LogP contribution in [0, 0.1) is 11.3 Å². The fourth-order valence-corrected chi connectivity index (χ4v) is 4.56. The van der Waals surface area contributed by atoms with Crippen LogP contribution >= 0.6 is 0 Å². The lowest BCUT2D eigenvalue weighted by Gasteiger charge is -2.45. The van der Waals surface area contributed by atoms with E-state index >= 15 is 0 Å². The summed E-state index contributed by atoms with van der Waals surface area (Å²) in [6.07, 6.45) is 3.64. The summed E-state index contributed by atoms with van der Waals surface area (Å²) in [5.74, 6) is -2.85. The molecule has 0 saturated heterocycles. The number of benzene rings is 1. The fourth-order valence-electron chi connectivity index (χ4n) is 4.56. The van der Waals surface area contributed by atoms with Crippen molar-refractivity contribution < 1.29 is 23.0 Å². The molecule has 0 N–H and O–H groups in total. The van der Waals surface area contributed by atoms with Crippen molar-refractivity contribution in [3.05, 3.63) is 35.9 Å². The number of carbonyl (C=O) groups is 1. The van der Waals surface area contributed by atoms with Crippen LogP contribution in [-0.2, 0) is 20.9 Å². The number of hydrogen-bond acceptors (Lipinski definition) is 3. The van der Waals surface area contributed by atoms with Crippen LogP contribution in [0.15, 0.2) is 30.3 Å². The molecule has 1 aromatic carbocycles. The van der Waals surface area contributed by atoms with Crippen LogP contribution in [0.2, 0.25) is 0 Å². The van der Waals surface area contributed by atoms with Gasteiger partial charge in [0, 0.05) is 20.0 Å². The third-order valence-corrected chi connectivity index (χ3v) is 6.28. The topological polar surface area (TPSA) is 35.5 Å². The monoisotopic (exact) mass is 366 g/mol. The summed E-state index contributed by atoms with van der Waals surface area (Å²) in [6.45, 7) is 0.200. The van der Waals surface area contributed by atoms with Gasteiger partial charge in [0.25, 0.3) is 0 Å². The van der Waals surface area contributed by atoms with Crippen LogP contribution in [0.4, 0.5) is 8.78 Å². The number of alkyl halides is 2. The van der Waals surface area contributed by atoms with Gasteiger partial charge in [-0.05, 0) is 50.0 Å². The van der Waals surface area contributed by atoms with Gasteiger partial charge in [0.05, 0.1) is 11.5 Å². The van der Waals surface area contributed by atoms with E-state index in [1.807, 2.05) is 30.3 Å². The zero-order valence-corrected chi connectivity index (χ0v) is 15.4. The summed E-state index contributed by atoms with van der Waals surface area (Å²) in [5, 5.41) is 0. The van der Waals surface area contributed by atoms with Crippen LogP contribution in [0.5, 0.6) is 0 Å². The van der Waals surface area contributed by atoms with Crippen molar-refractivity contribution in [2.45, 2.75) is 70.0 Å². The molecule has 2 aliphatic carbocycles. The van der Waals surface area contributed by atoms with E-state index < -0.39 is 11.3 Å². The van der Waals surface area contributed by atoms with Gasteiger partial charge in [0.2, 0.25) is 5.92 Å². The molecule has 0 spiro atoms. The lowest BCUT2D eigenvalue weighted by atomic mass is 9.61. The first-order valence-electron chi connectivity index (χ1n) is 9.57. The minimum absolute atomic E-state index is 0.105. The first-order valence-corrected chi connectivity index (χ1v) is 9.57. The highest BCUT2D eigenvalue weighted by Gasteiger charge is 2.53. The maximum absolute atomic E-state index is 13.8. The summed E-state index contributed by atoms with van der Waals surface area (Å²) >= 11 is 0. The van der Waals surface area contributed by atoms with E-state index in [4.69, 9.17) is 9.47 Å². The Morgan fingerprint density at radius 2 is 1.65 bits per heavy atom. The molecule has 0 aliphatic heterocycles. The van der Waals surface area contributed by atoms with Gasteiger partial charge in [0.1, 0.15) is 6.61 Å². The van der Waals surface area contributed by atoms with Crippen LogP contribution in [-0.4, -0.2) is 25.1 Å². The average Bonchev–Trinajstić information content (AvgIpc) is 2.67. The Labute approximate surface area is 154 Å². The SMILES string of the molecule is COC1CCC(C2(C(=O)OCc3ccccc3)CCC(F)(F)CC2)CC1. The minimum atomic E-state index is -2.66. The van der Waals surface area contributed by atoms with E-state index in [0.29, 0.717) is 0 Å². The molecule has 3 rings (SSSR count). The summed E-state index contributed by atoms with van der Waals surface area (Å²) < 4.78 is 38.6. The maximum Gasteiger partial charge on any atom is 0.312 e. The van der Waals surface area contributed by atoms with Crippen molar-refractivity contribution in [1.82, 2.24) is 0 Å². The third kappa shape index (κ3) is 4.25. The molecule has 0 heterocycles. The predicted octanol–water partition coefficient (Wildman–Crippen LogP) is 5.13. The van der Waals surface area contributed by atoms with Crippen LogP contribution < -0.4 is 0 Å². The number of methoxy groups -OCH3 is 1. The summed E-state index contributed by atoms with van der Waals surface area (Å²) in [4.78, 5) is 13.1. The second-order valence-corrected chi connectivity index (χ2v) is 7.78. The highest BCUT2D eigenvalue weighted by atomic mass is 19.3. The molecule has 0 bridgehead atoms. The van der Waals surface area contributed by atoms with E-state index in [9.17, 15) is 13.6 Å². The van der Waals surface area contributed by atoms with Gasteiger partial charge in [0.15, 0.2) is 0 Å². The van der Waals surface area contributed by atoms with Crippen LogP contribution in [0.25, 0.3) is 0 Å². The summed E-state index contributed by atoms with van der Waals surface area (Å²) in [6, 6.07) is 9.50. The molecule has 0 radical (unpaired) electrons. The highest BCUT2D eigenvalue weighted by molar-refractivity contribution is 5.77.